The first-order chi connectivity index (χ1) is 7.95. The summed E-state index contributed by atoms with van der Waals surface area (Å²) in [5.41, 5.74) is 0.478. The van der Waals surface area contributed by atoms with E-state index >= 15 is 0 Å². The van der Waals surface area contributed by atoms with E-state index in [9.17, 15) is 9.59 Å². The zero-order chi connectivity index (χ0) is 13.0. The summed E-state index contributed by atoms with van der Waals surface area (Å²) in [5, 5.41) is 8.77. The lowest BCUT2D eigenvalue weighted by Crippen LogP contribution is -2.37. The monoisotopic (exact) mass is 302 g/mol. The fraction of sp³-hybridized carbons (Fsp3) is 0.455. The van der Waals surface area contributed by atoms with E-state index < -0.39 is 5.97 Å². The van der Waals surface area contributed by atoms with Gasteiger partial charge in [0, 0.05) is 24.3 Å². The minimum absolute atomic E-state index is 0.262. The predicted octanol–water partition coefficient (Wildman–Crippen LogP) is 1.72. The molecule has 0 fully saturated rings. The van der Waals surface area contributed by atoms with Gasteiger partial charge in [-0.3, -0.25) is 9.59 Å². The molecule has 0 unspecified atom stereocenters. The summed E-state index contributed by atoms with van der Waals surface area (Å²) in [6, 6.07) is 1.69. The molecular formula is C11H15BrN2O3. The molecule has 1 rings (SSSR count). The van der Waals surface area contributed by atoms with Crippen LogP contribution in [0, 0.1) is 0 Å². The van der Waals surface area contributed by atoms with Crippen molar-refractivity contribution in [2.75, 3.05) is 13.1 Å². The second kappa shape index (κ2) is 5.86. The quantitative estimate of drug-likeness (QED) is 0.901. The van der Waals surface area contributed by atoms with Crippen molar-refractivity contribution in [1.82, 2.24) is 9.47 Å². The summed E-state index contributed by atoms with van der Waals surface area (Å²) in [6.45, 7) is 2.08. The van der Waals surface area contributed by atoms with Crippen molar-refractivity contribution in [3.63, 3.8) is 0 Å². The molecule has 0 bridgehead atoms. The highest BCUT2D eigenvalue weighted by molar-refractivity contribution is 9.10. The molecule has 1 aromatic heterocycles. The Bertz CT molecular complexity index is 428. The molecule has 1 aromatic rings. The summed E-state index contributed by atoms with van der Waals surface area (Å²) in [5.74, 6) is -1.26. The third kappa shape index (κ3) is 3.59. The first kappa shape index (κ1) is 13.8. The van der Waals surface area contributed by atoms with Crippen LogP contribution in [0.2, 0.25) is 0 Å². The number of amides is 1. The Labute approximate surface area is 108 Å². The second-order valence-corrected chi connectivity index (χ2v) is 4.69. The minimum atomic E-state index is -1.000. The molecule has 0 aliphatic rings. The SMILES string of the molecule is CCCN(CC(=O)O)C(=O)c1cc(Br)cn1C. The average molecular weight is 303 g/mol. The molecule has 94 valence electrons. The first-order valence-corrected chi connectivity index (χ1v) is 6.08. The fourth-order valence-corrected chi connectivity index (χ4v) is 2.11. The Morgan fingerprint density at radius 1 is 1.53 bits per heavy atom. The van der Waals surface area contributed by atoms with Crippen molar-refractivity contribution in [3.8, 4) is 0 Å². The van der Waals surface area contributed by atoms with Crippen LogP contribution in [0.1, 0.15) is 23.8 Å². The summed E-state index contributed by atoms with van der Waals surface area (Å²) in [7, 11) is 1.75. The van der Waals surface area contributed by atoms with Crippen LogP contribution >= 0.6 is 15.9 Å². The number of aliphatic carboxylic acids is 1. The number of carbonyl (C=O) groups excluding carboxylic acids is 1. The number of aromatic nitrogens is 1. The predicted molar refractivity (Wildman–Crippen MR) is 66.9 cm³/mol. The standard InChI is InChI=1S/C11H15BrN2O3/c1-3-4-14(7-10(15)16)11(17)9-5-8(12)6-13(9)2/h5-6H,3-4,7H2,1-2H3,(H,15,16). The van der Waals surface area contributed by atoms with Gasteiger partial charge in [0.1, 0.15) is 12.2 Å². The van der Waals surface area contributed by atoms with Gasteiger partial charge in [0.25, 0.3) is 5.91 Å². The molecule has 1 heterocycles. The van der Waals surface area contributed by atoms with Gasteiger partial charge in [-0.25, -0.2) is 0 Å². The molecule has 0 saturated carbocycles. The molecule has 6 heteroatoms. The van der Waals surface area contributed by atoms with Crippen LogP contribution in [0.15, 0.2) is 16.7 Å². The van der Waals surface area contributed by atoms with Crippen LogP contribution in [-0.2, 0) is 11.8 Å². The number of hydrogen-bond donors (Lipinski definition) is 1. The molecule has 1 amide bonds. The van der Waals surface area contributed by atoms with E-state index in [1.165, 1.54) is 4.90 Å². The number of aryl methyl sites for hydroxylation is 1. The Hall–Kier alpha value is -1.30. The van der Waals surface area contributed by atoms with E-state index in [1.54, 1.807) is 23.9 Å². The topological polar surface area (TPSA) is 62.5 Å². The van der Waals surface area contributed by atoms with E-state index in [4.69, 9.17) is 5.11 Å². The van der Waals surface area contributed by atoms with E-state index in [0.717, 1.165) is 10.9 Å². The molecule has 0 aromatic carbocycles. The van der Waals surface area contributed by atoms with Crippen molar-refractivity contribution in [2.24, 2.45) is 7.05 Å². The number of carboxylic acid groups (broad SMARTS) is 1. The summed E-state index contributed by atoms with van der Waals surface area (Å²) in [4.78, 5) is 24.2. The van der Waals surface area contributed by atoms with Gasteiger partial charge in [0.2, 0.25) is 0 Å². The minimum Gasteiger partial charge on any atom is -0.480 e. The van der Waals surface area contributed by atoms with Gasteiger partial charge in [-0.15, -0.1) is 0 Å². The lowest BCUT2D eigenvalue weighted by molar-refractivity contribution is -0.137. The van der Waals surface area contributed by atoms with Gasteiger partial charge in [-0.2, -0.15) is 0 Å². The lowest BCUT2D eigenvalue weighted by atomic mass is 10.3. The Morgan fingerprint density at radius 3 is 2.59 bits per heavy atom. The number of halogens is 1. The molecule has 17 heavy (non-hydrogen) atoms. The second-order valence-electron chi connectivity index (χ2n) is 3.77. The summed E-state index contributed by atoms with van der Waals surface area (Å²) in [6.07, 6.45) is 2.49. The average Bonchev–Trinajstić information content (AvgIpc) is 2.55. The third-order valence-corrected chi connectivity index (χ3v) is 2.73. The summed E-state index contributed by atoms with van der Waals surface area (Å²) < 4.78 is 2.48. The molecule has 0 spiro atoms. The van der Waals surface area contributed by atoms with Gasteiger partial charge in [0.15, 0.2) is 0 Å². The number of rotatable bonds is 5. The molecule has 0 radical (unpaired) electrons. The highest BCUT2D eigenvalue weighted by atomic mass is 79.9. The lowest BCUT2D eigenvalue weighted by Gasteiger charge is -2.20. The first-order valence-electron chi connectivity index (χ1n) is 5.28. The van der Waals surface area contributed by atoms with Crippen molar-refractivity contribution in [1.29, 1.82) is 0 Å². The van der Waals surface area contributed by atoms with Gasteiger partial charge in [-0.1, -0.05) is 6.92 Å². The maximum absolute atomic E-state index is 12.1. The van der Waals surface area contributed by atoms with Crippen LogP contribution < -0.4 is 0 Å². The largest absolute Gasteiger partial charge is 0.480 e. The third-order valence-electron chi connectivity index (χ3n) is 2.30. The fourth-order valence-electron chi connectivity index (χ4n) is 1.58. The van der Waals surface area contributed by atoms with Gasteiger partial charge in [-0.05, 0) is 28.4 Å². The van der Waals surface area contributed by atoms with Crippen molar-refractivity contribution >= 4 is 27.8 Å². The zero-order valence-electron chi connectivity index (χ0n) is 9.81. The van der Waals surface area contributed by atoms with Crippen LogP contribution in [0.5, 0.6) is 0 Å². The Kier molecular flexibility index (Phi) is 4.74. The smallest absolute Gasteiger partial charge is 0.323 e. The summed E-state index contributed by atoms with van der Waals surface area (Å²) >= 11 is 3.28. The van der Waals surface area contributed by atoms with E-state index in [0.29, 0.717) is 12.2 Å². The van der Waals surface area contributed by atoms with Crippen LogP contribution in [-0.4, -0.2) is 39.5 Å². The van der Waals surface area contributed by atoms with Crippen LogP contribution in [0.3, 0.4) is 0 Å². The highest BCUT2D eigenvalue weighted by Crippen LogP contribution is 2.15. The van der Waals surface area contributed by atoms with Gasteiger partial charge in [0.05, 0.1) is 0 Å². The normalized spacial score (nSPS) is 10.3. The van der Waals surface area contributed by atoms with Crippen LogP contribution in [0.4, 0.5) is 0 Å². The number of hydrogen-bond acceptors (Lipinski definition) is 2. The number of carboxylic acids is 1. The Morgan fingerprint density at radius 2 is 2.18 bits per heavy atom. The molecule has 0 aliphatic heterocycles. The van der Waals surface area contributed by atoms with Gasteiger partial charge >= 0.3 is 5.97 Å². The van der Waals surface area contributed by atoms with Gasteiger partial charge < -0.3 is 14.6 Å². The maximum atomic E-state index is 12.1. The molecule has 0 atom stereocenters. The molecule has 1 N–H and O–H groups in total. The molecule has 0 aliphatic carbocycles. The van der Waals surface area contributed by atoms with Crippen molar-refractivity contribution in [3.05, 3.63) is 22.4 Å². The maximum Gasteiger partial charge on any atom is 0.323 e. The zero-order valence-corrected chi connectivity index (χ0v) is 11.4. The van der Waals surface area contributed by atoms with E-state index in [1.807, 2.05) is 6.92 Å². The van der Waals surface area contributed by atoms with Crippen molar-refractivity contribution in [2.45, 2.75) is 13.3 Å². The number of carbonyl (C=O) groups is 2. The van der Waals surface area contributed by atoms with Crippen LogP contribution in [0.25, 0.3) is 0 Å². The number of nitrogens with zero attached hydrogens (tertiary/aromatic N) is 2. The molecule has 5 nitrogen and oxygen atoms in total. The van der Waals surface area contributed by atoms with E-state index in [-0.39, 0.29) is 12.5 Å². The van der Waals surface area contributed by atoms with Crippen molar-refractivity contribution < 1.29 is 14.7 Å². The highest BCUT2D eigenvalue weighted by Gasteiger charge is 2.20. The Balaban J connectivity index is 2.91. The molecular weight excluding hydrogens is 288 g/mol. The van der Waals surface area contributed by atoms with E-state index in [2.05, 4.69) is 15.9 Å². The molecule has 0 saturated heterocycles.